The SMILES string of the molecule is Cc1cccc(C)c1NC(=O)CSc1cccc(NC(=O)/C(=C\c2cccc3ccccc23)NC(=O)c2ccccc2)c1. The summed E-state index contributed by atoms with van der Waals surface area (Å²) in [7, 11) is 0. The van der Waals surface area contributed by atoms with Crippen molar-refractivity contribution in [3.8, 4) is 0 Å². The average Bonchev–Trinajstić information content (AvgIpc) is 3.02. The first-order valence-corrected chi connectivity index (χ1v) is 14.8. The summed E-state index contributed by atoms with van der Waals surface area (Å²) in [6.45, 7) is 3.93. The lowest BCUT2D eigenvalue weighted by Gasteiger charge is -2.13. The number of hydrogen-bond donors (Lipinski definition) is 3. The molecule has 0 unspecified atom stereocenters. The maximum absolute atomic E-state index is 13.6. The molecule has 0 fully saturated rings. The minimum Gasteiger partial charge on any atom is -0.325 e. The highest BCUT2D eigenvalue weighted by Gasteiger charge is 2.16. The second-order valence-corrected chi connectivity index (χ2v) is 11.1. The summed E-state index contributed by atoms with van der Waals surface area (Å²) >= 11 is 1.37. The predicted octanol–water partition coefficient (Wildman–Crippen LogP) is 7.60. The first-order chi connectivity index (χ1) is 20.9. The van der Waals surface area contributed by atoms with Crippen LogP contribution in [-0.4, -0.2) is 23.5 Å². The molecule has 5 aromatic carbocycles. The Balaban J connectivity index is 1.33. The van der Waals surface area contributed by atoms with Gasteiger partial charge in [0.15, 0.2) is 0 Å². The second-order valence-electron chi connectivity index (χ2n) is 10.0. The van der Waals surface area contributed by atoms with Crippen molar-refractivity contribution in [3.63, 3.8) is 0 Å². The number of hydrogen-bond acceptors (Lipinski definition) is 4. The third-order valence-corrected chi connectivity index (χ3v) is 7.85. The first kappa shape index (κ1) is 29.4. The zero-order valence-corrected chi connectivity index (χ0v) is 24.7. The summed E-state index contributed by atoms with van der Waals surface area (Å²) in [4.78, 5) is 40.2. The van der Waals surface area contributed by atoms with Gasteiger partial charge < -0.3 is 16.0 Å². The number of fused-ring (bicyclic) bond motifs is 1. The van der Waals surface area contributed by atoms with Crippen molar-refractivity contribution in [2.24, 2.45) is 0 Å². The molecule has 5 rings (SSSR count). The van der Waals surface area contributed by atoms with Crippen LogP contribution in [0.5, 0.6) is 0 Å². The van der Waals surface area contributed by atoms with E-state index in [1.807, 2.05) is 98.8 Å². The lowest BCUT2D eigenvalue weighted by Crippen LogP contribution is -2.30. The van der Waals surface area contributed by atoms with Crippen LogP contribution in [0.4, 0.5) is 11.4 Å². The number of amides is 3. The van der Waals surface area contributed by atoms with E-state index in [1.165, 1.54) is 11.8 Å². The zero-order valence-electron chi connectivity index (χ0n) is 23.9. The molecule has 0 bridgehead atoms. The lowest BCUT2D eigenvalue weighted by molar-refractivity contribution is -0.114. The quantitative estimate of drug-likeness (QED) is 0.123. The topological polar surface area (TPSA) is 87.3 Å². The third kappa shape index (κ3) is 7.58. The largest absolute Gasteiger partial charge is 0.325 e. The molecule has 3 amide bonds. The Kier molecular flexibility index (Phi) is 9.34. The Morgan fingerprint density at radius 3 is 2.19 bits per heavy atom. The maximum atomic E-state index is 13.6. The van der Waals surface area contributed by atoms with Crippen molar-refractivity contribution in [1.82, 2.24) is 5.32 Å². The summed E-state index contributed by atoms with van der Waals surface area (Å²) in [5, 5.41) is 10.7. The van der Waals surface area contributed by atoms with Crippen LogP contribution < -0.4 is 16.0 Å². The van der Waals surface area contributed by atoms with Crippen LogP contribution in [0.1, 0.15) is 27.0 Å². The monoisotopic (exact) mass is 585 g/mol. The van der Waals surface area contributed by atoms with Gasteiger partial charge in [-0.15, -0.1) is 11.8 Å². The highest BCUT2D eigenvalue weighted by atomic mass is 32.2. The summed E-state index contributed by atoms with van der Waals surface area (Å²) in [6, 6.07) is 35.6. The van der Waals surface area contributed by atoms with E-state index >= 15 is 0 Å². The zero-order chi connectivity index (χ0) is 30.2. The van der Waals surface area contributed by atoms with E-state index < -0.39 is 5.91 Å². The summed E-state index contributed by atoms with van der Waals surface area (Å²) < 4.78 is 0. The number of rotatable bonds is 9. The van der Waals surface area contributed by atoms with Gasteiger partial charge in [0.1, 0.15) is 5.70 Å². The first-order valence-electron chi connectivity index (χ1n) is 13.8. The molecule has 0 atom stereocenters. The molecule has 0 saturated carbocycles. The molecule has 0 aliphatic rings. The van der Waals surface area contributed by atoms with Crippen LogP contribution in [0.25, 0.3) is 16.8 Å². The highest BCUT2D eigenvalue weighted by Crippen LogP contribution is 2.25. The molecule has 5 aromatic rings. The van der Waals surface area contributed by atoms with Crippen LogP contribution in [0.15, 0.2) is 126 Å². The molecule has 0 aliphatic heterocycles. The van der Waals surface area contributed by atoms with Crippen LogP contribution in [-0.2, 0) is 9.59 Å². The summed E-state index contributed by atoms with van der Waals surface area (Å²) in [6.07, 6.45) is 1.69. The van der Waals surface area contributed by atoms with Crippen molar-refractivity contribution in [1.29, 1.82) is 0 Å². The maximum Gasteiger partial charge on any atom is 0.272 e. The third-order valence-electron chi connectivity index (χ3n) is 6.86. The molecule has 3 N–H and O–H groups in total. The van der Waals surface area contributed by atoms with E-state index in [0.717, 1.165) is 38.0 Å². The van der Waals surface area contributed by atoms with Gasteiger partial charge in [-0.05, 0) is 77.7 Å². The van der Waals surface area contributed by atoms with Crippen LogP contribution in [0.3, 0.4) is 0 Å². The van der Waals surface area contributed by atoms with Gasteiger partial charge >= 0.3 is 0 Å². The van der Waals surface area contributed by atoms with E-state index in [0.29, 0.717) is 11.3 Å². The molecular weight excluding hydrogens is 554 g/mol. The predicted molar refractivity (Wildman–Crippen MR) is 176 cm³/mol. The molecule has 6 nitrogen and oxygen atoms in total. The van der Waals surface area contributed by atoms with E-state index in [1.54, 1.807) is 36.4 Å². The molecule has 0 spiro atoms. The van der Waals surface area contributed by atoms with E-state index in [4.69, 9.17) is 0 Å². The van der Waals surface area contributed by atoms with Crippen LogP contribution in [0.2, 0.25) is 0 Å². The number of anilines is 2. The fraction of sp³-hybridized carbons (Fsp3) is 0.0833. The summed E-state index contributed by atoms with van der Waals surface area (Å²) in [5.41, 5.74) is 4.74. The lowest BCUT2D eigenvalue weighted by atomic mass is 10.0. The molecular formula is C36H31N3O3S. The molecule has 0 aliphatic carbocycles. The number of para-hydroxylation sites is 1. The Morgan fingerprint density at radius 2 is 1.40 bits per heavy atom. The highest BCUT2D eigenvalue weighted by molar-refractivity contribution is 8.00. The van der Waals surface area contributed by atoms with Crippen molar-refractivity contribution in [2.75, 3.05) is 16.4 Å². The van der Waals surface area contributed by atoms with Gasteiger partial charge in [-0.25, -0.2) is 0 Å². The second kappa shape index (κ2) is 13.7. The van der Waals surface area contributed by atoms with Crippen LogP contribution >= 0.6 is 11.8 Å². The van der Waals surface area contributed by atoms with Crippen molar-refractivity contribution in [2.45, 2.75) is 18.7 Å². The van der Waals surface area contributed by atoms with Gasteiger partial charge in [0, 0.05) is 21.8 Å². The number of thioether (sulfide) groups is 1. The van der Waals surface area contributed by atoms with Crippen molar-refractivity contribution in [3.05, 3.63) is 143 Å². The Hall–Kier alpha value is -5.14. The number of carbonyl (C=O) groups is 3. The number of benzene rings is 5. The average molecular weight is 586 g/mol. The van der Waals surface area contributed by atoms with Gasteiger partial charge in [0.25, 0.3) is 11.8 Å². The summed E-state index contributed by atoms with van der Waals surface area (Å²) in [5.74, 6) is -0.751. The fourth-order valence-corrected chi connectivity index (χ4v) is 5.43. The van der Waals surface area contributed by atoms with E-state index in [9.17, 15) is 14.4 Å². The Labute approximate surface area is 255 Å². The van der Waals surface area contributed by atoms with Gasteiger partial charge in [0.05, 0.1) is 5.75 Å². The van der Waals surface area contributed by atoms with Gasteiger partial charge in [-0.1, -0.05) is 84.9 Å². The molecule has 0 aromatic heterocycles. The standard InChI is InChI=1S/C36H31N3O3S/c1-24-11-8-12-25(2)34(24)39-33(40)23-43-30-19-10-18-29(22-30)37-36(42)32(38-35(41)27-14-4-3-5-15-27)21-28-17-9-16-26-13-6-7-20-31(26)28/h3-22H,23H2,1-2H3,(H,37,42)(H,38,41)(H,39,40)/b32-21+. The van der Waals surface area contributed by atoms with E-state index in [2.05, 4.69) is 16.0 Å². The molecule has 7 heteroatoms. The molecule has 43 heavy (non-hydrogen) atoms. The number of aryl methyl sites for hydroxylation is 2. The van der Waals surface area contributed by atoms with Gasteiger partial charge in [0.2, 0.25) is 5.91 Å². The Bertz CT molecular complexity index is 1810. The van der Waals surface area contributed by atoms with Crippen LogP contribution in [0, 0.1) is 13.8 Å². The smallest absolute Gasteiger partial charge is 0.272 e. The molecule has 0 saturated heterocycles. The molecule has 0 heterocycles. The van der Waals surface area contributed by atoms with Crippen molar-refractivity contribution >= 4 is 57.7 Å². The fourth-order valence-electron chi connectivity index (χ4n) is 4.67. The normalized spacial score (nSPS) is 11.2. The molecule has 214 valence electrons. The van der Waals surface area contributed by atoms with Gasteiger partial charge in [-0.3, -0.25) is 14.4 Å². The molecule has 0 radical (unpaired) electrons. The van der Waals surface area contributed by atoms with E-state index in [-0.39, 0.29) is 23.3 Å². The number of nitrogens with one attached hydrogen (secondary N) is 3. The van der Waals surface area contributed by atoms with Gasteiger partial charge in [-0.2, -0.15) is 0 Å². The Morgan fingerprint density at radius 1 is 0.721 bits per heavy atom. The number of carbonyl (C=O) groups excluding carboxylic acids is 3. The van der Waals surface area contributed by atoms with Crippen molar-refractivity contribution < 1.29 is 14.4 Å². The minimum atomic E-state index is -0.466. The minimum absolute atomic E-state index is 0.108.